The molecule has 218 valence electrons. The normalized spacial score (nSPS) is 19.1. The number of aliphatic hydroxyl groups excluding tert-OH is 1. The van der Waals surface area contributed by atoms with Crippen molar-refractivity contribution in [2.24, 2.45) is 0 Å². The number of ether oxygens (including phenoxy) is 1. The molecule has 3 aromatic rings. The molecule has 1 aliphatic heterocycles. The van der Waals surface area contributed by atoms with Crippen molar-refractivity contribution in [1.29, 1.82) is 0 Å². The molecule has 8 nitrogen and oxygen atoms in total. The summed E-state index contributed by atoms with van der Waals surface area (Å²) in [5.74, 6) is -3.98. The van der Waals surface area contributed by atoms with Crippen molar-refractivity contribution in [2.45, 2.75) is 63.5 Å². The van der Waals surface area contributed by atoms with Crippen molar-refractivity contribution in [1.82, 2.24) is 20.2 Å². The number of nitrogens with zero attached hydrogens (tertiary/aromatic N) is 3. The van der Waals surface area contributed by atoms with Crippen molar-refractivity contribution in [3.05, 3.63) is 70.4 Å². The molecule has 13 heteroatoms. The number of halogens is 5. The lowest BCUT2D eigenvalue weighted by atomic mass is 9.92. The topological polar surface area (TPSA) is 99.6 Å². The number of nitrogens with one attached hydrogen (secondary N) is 2. The molecule has 0 spiro atoms. The minimum Gasteiger partial charge on any atom is -0.438 e. The first-order valence-corrected chi connectivity index (χ1v) is 13.0. The SMILES string of the molecule is Cc1cc(C(=O)NC2CCC(F)(F)CC2)ccc1Nc1ncc(C(F)(F)F)c(Oc2cccc3c2C(O)N(C)C3)n1. The maximum atomic E-state index is 13.8. The van der Waals surface area contributed by atoms with Crippen LogP contribution in [0.15, 0.2) is 42.6 Å². The van der Waals surface area contributed by atoms with E-state index in [1.54, 1.807) is 43.1 Å². The van der Waals surface area contributed by atoms with E-state index in [0.29, 0.717) is 35.1 Å². The third kappa shape index (κ3) is 6.25. The van der Waals surface area contributed by atoms with Gasteiger partial charge in [-0.15, -0.1) is 0 Å². The molecule has 1 unspecified atom stereocenters. The van der Waals surface area contributed by atoms with Crippen LogP contribution in [0, 0.1) is 6.92 Å². The van der Waals surface area contributed by atoms with Gasteiger partial charge >= 0.3 is 6.18 Å². The van der Waals surface area contributed by atoms with Crippen LogP contribution in [0.3, 0.4) is 0 Å². The number of alkyl halides is 5. The number of amides is 1. The van der Waals surface area contributed by atoms with E-state index in [9.17, 15) is 31.9 Å². The largest absolute Gasteiger partial charge is 0.438 e. The van der Waals surface area contributed by atoms with Gasteiger partial charge in [0, 0.05) is 48.4 Å². The summed E-state index contributed by atoms with van der Waals surface area (Å²) in [5.41, 5.74) is 1.21. The molecule has 2 aliphatic rings. The van der Waals surface area contributed by atoms with Crippen molar-refractivity contribution in [3.8, 4) is 11.6 Å². The number of aryl methyl sites for hydroxylation is 1. The van der Waals surface area contributed by atoms with Crippen LogP contribution in [0.1, 0.15) is 64.5 Å². The summed E-state index contributed by atoms with van der Waals surface area (Å²) in [4.78, 5) is 22.1. The average Bonchev–Trinajstić information content (AvgIpc) is 3.20. The van der Waals surface area contributed by atoms with E-state index in [-0.39, 0.29) is 43.4 Å². The van der Waals surface area contributed by atoms with Crippen molar-refractivity contribution < 1.29 is 36.6 Å². The molecule has 0 saturated heterocycles. The molecule has 5 rings (SSSR count). The predicted molar refractivity (Wildman–Crippen MR) is 139 cm³/mol. The highest BCUT2D eigenvalue weighted by Crippen LogP contribution is 2.42. The van der Waals surface area contributed by atoms with Crippen LogP contribution in [0.5, 0.6) is 11.6 Å². The second-order valence-corrected chi connectivity index (χ2v) is 10.4. The summed E-state index contributed by atoms with van der Waals surface area (Å²) in [6.45, 7) is 2.09. The second kappa shape index (κ2) is 10.9. The Labute approximate surface area is 232 Å². The molecule has 0 radical (unpaired) electrons. The Kier molecular flexibility index (Phi) is 7.60. The monoisotopic (exact) mass is 577 g/mol. The molecular formula is C28H28F5N5O3. The van der Waals surface area contributed by atoms with E-state index in [1.807, 2.05) is 0 Å². The van der Waals surface area contributed by atoms with Crippen LogP contribution in [-0.4, -0.2) is 44.9 Å². The molecule has 1 saturated carbocycles. The fourth-order valence-corrected chi connectivity index (χ4v) is 5.01. The molecule has 0 bridgehead atoms. The van der Waals surface area contributed by atoms with Gasteiger partial charge in [0.2, 0.25) is 17.8 Å². The quantitative estimate of drug-likeness (QED) is 0.305. The summed E-state index contributed by atoms with van der Waals surface area (Å²) < 4.78 is 73.9. The van der Waals surface area contributed by atoms with Gasteiger partial charge in [-0.25, -0.2) is 13.8 Å². The Morgan fingerprint density at radius 3 is 2.59 bits per heavy atom. The zero-order valence-corrected chi connectivity index (χ0v) is 22.2. The lowest BCUT2D eigenvalue weighted by Gasteiger charge is -2.28. The Morgan fingerprint density at radius 1 is 1.17 bits per heavy atom. The number of carbonyl (C=O) groups excluding carboxylic acids is 1. The van der Waals surface area contributed by atoms with Crippen LogP contribution in [0.25, 0.3) is 0 Å². The van der Waals surface area contributed by atoms with Crippen LogP contribution in [0.2, 0.25) is 0 Å². The Hall–Kier alpha value is -3.84. The first-order chi connectivity index (χ1) is 19.3. The van der Waals surface area contributed by atoms with Gasteiger partial charge in [-0.1, -0.05) is 12.1 Å². The molecule has 1 amide bonds. The molecule has 1 aromatic heterocycles. The number of aromatic nitrogens is 2. The fourth-order valence-electron chi connectivity index (χ4n) is 5.01. The Balaban J connectivity index is 1.35. The number of carbonyl (C=O) groups is 1. The van der Waals surface area contributed by atoms with Gasteiger partial charge in [0.05, 0.1) is 0 Å². The second-order valence-electron chi connectivity index (χ2n) is 10.4. The molecular weight excluding hydrogens is 549 g/mol. The van der Waals surface area contributed by atoms with E-state index in [0.717, 1.165) is 5.56 Å². The molecule has 1 aliphatic carbocycles. The van der Waals surface area contributed by atoms with Crippen LogP contribution in [0.4, 0.5) is 33.6 Å². The van der Waals surface area contributed by atoms with Gasteiger partial charge in [-0.2, -0.15) is 18.2 Å². The molecule has 41 heavy (non-hydrogen) atoms. The van der Waals surface area contributed by atoms with E-state index in [4.69, 9.17) is 4.74 Å². The highest BCUT2D eigenvalue weighted by Gasteiger charge is 2.38. The van der Waals surface area contributed by atoms with Gasteiger partial charge in [0.1, 0.15) is 17.5 Å². The maximum absolute atomic E-state index is 13.8. The summed E-state index contributed by atoms with van der Waals surface area (Å²) in [7, 11) is 1.68. The summed E-state index contributed by atoms with van der Waals surface area (Å²) in [6, 6.07) is 9.13. The third-order valence-electron chi connectivity index (χ3n) is 7.31. The maximum Gasteiger partial charge on any atom is 0.423 e. The lowest BCUT2D eigenvalue weighted by molar-refractivity contribution is -0.139. The summed E-state index contributed by atoms with van der Waals surface area (Å²) >= 11 is 0. The Morgan fingerprint density at radius 2 is 1.90 bits per heavy atom. The summed E-state index contributed by atoms with van der Waals surface area (Å²) in [5, 5.41) is 16.2. The minimum absolute atomic E-state index is 0.0442. The number of hydrogen-bond donors (Lipinski definition) is 3. The molecule has 1 atom stereocenters. The number of fused-ring (bicyclic) bond motifs is 1. The smallest absolute Gasteiger partial charge is 0.423 e. The number of benzene rings is 2. The van der Waals surface area contributed by atoms with Crippen LogP contribution >= 0.6 is 0 Å². The molecule has 1 fully saturated rings. The molecule has 2 aromatic carbocycles. The Bertz CT molecular complexity index is 1460. The van der Waals surface area contributed by atoms with E-state index < -0.39 is 35.7 Å². The van der Waals surface area contributed by atoms with Crippen LogP contribution < -0.4 is 15.4 Å². The highest BCUT2D eigenvalue weighted by atomic mass is 19.4. The highest BCUT2D eigenvalue weighted by molar-refractivity contribution is 5.95. The van der Waals surface area contributed by atoms with Gasteiger partial charge in [0.25, 0.3) is 5.91 Å². The first-order valence-electron chi connectivity index (χ1n) is 13.0. The zero-order valence-electron chi connectivity index (χ0n) is 22.2. The summed E-state index contributed by atoms with van der Waals surface area (Å²) in [6.07, 6.45) is -5.41. The van der Waals surface area contributed by atoms with Crippen molar-refractivity contribution in [3.63, 3.8) is 0 Å². The predicted octanol–water partition coefficient (Wildman–Crippen LogP) is 6.08. The fraction of sp³-hybridized carbons (Fsp3) is 0.393. The number of aliphatic hydroxyl groups is 1. The number of anilines is 2. The molecule has 3 N–H and O–H groups in total. The lowest BCUT2D eigenvalue weighted by Crippen LogP contribution is -2.40. The number of hydrogen-bond acceptors (Lipinski definition) is 7. The first kappa shape index (κ1) is 28.7. The third-order valence-corrected chi connectivity index (χ3v) is 7.31. The zero-order chi connectivity index (χ0) is 29.5. The van der Waals surface area contributed by atoms with E-state index in [1.165, 1.54) is 12.1 Å². The van der Waals surface area contributed by atoms with E-state index >= 15 is 0 Å². The van der Waals surface area contributed by atoms with E-state index in [2.05, 4.69) is 20.6 Å². The van der Waals surface area contributed by atoms with Crippen molar-refractivity contribution in [2.75, 3.05) is 12.4 Å². The van der Waals surface area contributed by atoms with Gasteiger partial charge < -0.3 is 20.5 Å². The standard InChI is InChI=1S/C28H28F5N5O3/c1-15-12-16(23(39)35-18-8-10-27(29,30)11-9-18)6-7-20(15)36-26-34-13-19(28(31,32)33)24(37-26)41-21-5-3-4-17-14-38(2)25(40)22(17)21/h3-7,12-13,18,25,40H,8-11,14H2,1-2H3,(H,35,39)(H,34,36,37). The van der Waals surface area contributed by atoms with Gasteiger partial charge in [-0.3, -0.25) is 9.69 Å². The minimum atomic E-state index is -4.81. The van der Waals surface area contributed by atoms with Gasteiger partial charge in [0.15, 0.2) is 0 Å². The molecule has 2 heterocycles. The average molecular weight is 578 g/mol. The number of rotatable bonds is 6. The van der Waals surface area contributed by atoms with Gasteiger partial charge in [-0.05, 0) is 62.2 Å². The van der Waals surface area contributed by atoms with Crippen LogP contribution in [-0.2, 0) is 12.7 Å². The van der Waals surface area contributed by atoms with Crippen molar-refractivity contribution >= 4 is 17.5 Å².